The number of sulfonamides is 1. The number of anilines is 2. The van der Waals surface area contributed by atoms with Crippen LogP contribution in [-0.2, 0) is 14.8 Å². The standard InChI is InChI=1S/C23H22ClFN4O4S/c24-17-1-6-20(7-2-17)33-16-23(30)27-19-5-10-22(26-15-19)28-11-13-29(14-12-28)34(31,32)21-8-3-18(25)4-9-21/h1-10,15H,11-14,16H2,(H,27,30). The van der Waals surface area contributed by atoms with E-state index in [0.717, 1.165) is 12.1 Å². The minimum Gasteiger partial charge on any atom is -0.484 e. The van der Waals surface area contributed by atoms with Crippen LogP contribution in [0.15, 0.2) is 71.8 Å². The number of nitrogens with zero attached hydrogens (tertiary/aromatic N) is 3. The third-order valence-electron chi connectivity index (χ3n) is 5.23. The van der Waals surface area contributed by atoms with Crippen LogP contribution in [0.2, 0.25) is 5.02 Å². The number of halogens is 2. The predicted molar refractivity (Wildman–Crippen MR) is 127 cm³/mol. The Labute approximate surface area is 202 Å². The van der Waals surface area contributed by atoms with Gasteiger partial charge in [-0.3, -0.25) is 4.79 Å². The molecule has 0 bridgehead atoms. The van der Waals surface area contributed by atoms with Crippen LogP contribution in [0.3, 0.4) is 0 Å². The number of piperazine rings is 1. The smallest absolute Gasteiger partial charge is 0.262 e. The van der Waals surface area contributed by atoms with Crippen molar-refractivity contribution in [2.24, 2.45) is 0 Å². The van der Waals surface area contributed by atoms with E-state index >= 15 is 0 Å². The number of nitrogens with one attached hydrogen (secondary N) is 1. The average Bonchev–Trinajstić information content (AvgIpc) is 2.84. The summed E-state index contributed by atoms with van der Waals surface area (Å²) in [5.41, 5.74) is 0.519. The fourth-order valence-electron chi connectivity index (χ4n) is 3.44. The van der Waals surface area contributed by atoms with Gasteiger partial charge >= 0.3 is 0 Å². The van der Waals surface area contributed by atoms with E-state index in [1.165, 1.54) is 22.6 Å². The second kappa shape index (κ2) is 10.4. The lowest BCUT2D eigenvalue weighted by atomic mass is 10.3. The molecule has 1 amide bonds. The number of ether oxygens (including phenoxy) is 1. The topological polar surface area (TPSA) is 91.8 Å². The van der Waals surface area contributed by atoms with Crippen LogP contribution < -0.4 is 15.0 Å². The Kier molecular flexibility index (Phi) is 7.30. The summed E-state index contributed by atoms with van der Waals surface area (Å²) in [4.78, 5) is 18.5. The molecule has 0 saturated carbocycles. The Morgan fingerprint density at radius 1 is 1.00 bits per heavy atom. The Morgan fingerprint density at radius 2 is 1.68 bits per heavy atom. The molecule has 1 N–H and O–H groups in total. The molecular formula is C23H22ClFN4O4S. The van der Waals surface area contributed by atoms with E-state index < -0.39 is 15.8 Å². The molecule has 178 valence electrons. The van der Waals surface area contributed by atoms with Crippen molar-refractivity contribution >= 4 is 39.0 Å². The van der Waals surface area contributed by atoms with Crippen molar-refractivity contribution in [3.8, 4) is 5.75 Å². The normalized spacial score (nSPS) is 14.6. The highest BCUT2D eigenvalue weighted by atomic mass is 35.5. The number of amides is 1. The molecule has 0 radical (unpaired) electrons. The van der Waals surface area contributed by atoms with Gasteiger partial charge < -0.3 is 15.0 Å². The van der Waals surface area contributed by atoms with Gasteiger partial charge in [0.2, 0.25) is 10.0 Å². The third-order valence-corrected chi connectivity index (χ3v) is 7.39. The van der Waals surface area contributed by atoms with Crippen LogP contribution in [0, 0.1) is 5.82 Å². The summed E-state index contributed by atoms with van der Waals surface area (Å²) in [6.45, 7) is 1.31. The number of hydrogen-bond acceptors (Lipinski definition) is 6. The van der Waals surface area contributed by atoms with Crippen molar-refractivity contribution in [3.05, 3.63) is 77.7 Å². The Morgan fingerprint density at radius 3 is 2.29 bits per heavy atom. The largest absolute Gasteiger partial charge is 0.484 e. The number of hydrogen-bond donors (Lipinski definition) is 1. The van der Waals surface area contributed by atoms with E-state index in [0.29, 0.717) is 35.4 Å². The van der Waals surface area contributed by atoms with Crippen molar-refractivity contribution in [1.82, 2.24) is 9.29 Å². The van der Waals surface area contributed by atoms with E-state index in [1.807, 2.05) is 4.90 Å². The first-order chi connectivity index (χ1) is 16.3. The molecule has 1 saturated heterocycles. The van der Waals surface area contributed by atoms with Crippen molar-refractivity contribution < 1.29 is 22.3 Å². The number of pyridine rings is 1. The maximum absolute atomic E-state index is 13.1. The molecule has 1 aliphatic rings. The maximum Gasteiger partial charge on any atom is 0.262 e. The highest BCUT2D eigenvalue weighted by Gasteiger charge is 2.28. The summed E-state index contributed by atoms with van der Waals surface area (Å²) in [5, 5.41) is 3.30. The van der Waals surface area contributed by atoms with Gasteiger partial charge in [0.15, 0.2) is 6.61 Å². The SMILES string of the molecule is O=C(COc1ccc(Cl)cc1)Nc1ccc(N2CCN(S(=O)(=O)c3ccc(F)cc3)CC2)nc1. The average molecular weight is 505 g/mol. The summed E-state index contributed by atoms with van der Waals surface area (Å²) in [5.74, 6) is 0.399. The van der Waals surface area contributed by atoms with Gasteiger partial charge in [0.1, 0.15) is 17.4 Å². The summed E-state index contributed by atoms with van der Waals surface area (Å²) in [6, 6.07) is 15.0. The van der Waals surface area contributed by atoms with Crippen LogP contribution >= 0.6 is 11.6 Å². The molecule has 1 aliphatic heterocycles. The van der Waals surface area contributed by atoms with Crippen LogP contribution in [0.5, 0.6) is 5.75 Å². The van der Waals surface area contributed by atoms with Crippen LogP contribution in [0.1, 0.15) is 0 Å². The number of carbonyl (C=O) groups excluding carboxylic acids is 1. The minimum atomic E-state index is -3.68. The van der Waals surface area contributed by atoms with Crippen LogP contribution in [-0.4, -0.2) is 56.4 Å². The van der Waals surface area contributed by atoms with E-state index in [-0.39, 0.29) is 30.5 Å². The van der Waals surface area contributed by atoms with Gasteiger partial charge in [-0.1, -0.05) is 11.6 Å². The first-order valence-corrected chi connectivity index (χ1v) is 12.3. The van der Waals surface area contributed by atoms with E-state index in [1.54, 1.807) is 36.4 Å². The molecule has 34 heavy (non-hydrogen) atoms. The zero-order chi connectivity index (χ0) is 24.1. The van der Waals surface area contributed by atoms with Gasteiger partial charge in [-0.2, -0.15) is 4.31 Å². The molecule has 0 unspecified atom stereocenters. The summed E-state index contributed by atoms with van der Waals surface area (Å²) in [6.07, 6.45) is 1.54. The molecule has 1 aromatic heterocycles. The van der Waals surface area contributed by atoms with Crippen LogP contribution in [0.4, 0.5) is 15.9 Å². The van der Waals surface area contributed by atoms with Crippen LogP contribution in [0.25, 0.3) is 0 Å². The molecule has 2 aromatic carbocycles. The quantitative estimate of drug-likeness (QED) is 0.530. The van der Waals surface area contributed by atoms with Gasteiger partial charge in [-0.05, 0) is 60.7 Å². The fourth-order valence-corrected chi connectivity index (χ4v) is 4.99. The molecular weight excluding hydrogens is 483 g/mol. The van der Waals surface area contributed by atoms with Crippen molar-refractivity contribution in [2.45, 2.75) is 4.90 Å². The number of rotatable bonds is 7. The Bertz CT molecular complexity index is 1230. The molecule has 11 heteroatoms. The first kappa shape index (κ1) is 23.9. The molecule has 4 rings (SSSR count). The van der Waals surface area contributed by atoms with Gasteiger partial charge in [0.25, 0.3) is 5.91 Å². The van der Waals surface area contributed by atoms with Gasteiger partial charge in [-0.15, -0.1) is 0 Å². The second-order valence-electron chi connectivity index (χ2n) is 7.54. The van der Waals surface area contributed by atoms with Crippen molar-refractivity contribution in [2.75, 3.05) is 43.0 Å². The maximum atomic E-state index is 13.1. The number of carbonyl (C=O) groups is 1. The monoisotopic (exact) mass is 504 g/mol. The molecule has 1 fully saturated rings. The zero-order valence-corrected chi connectivity index (χ0v) is 19.6. The first-order valence-electron chi connectivity index (χ1n) is 10.5. The molecule has 0 aliphatic carbocycles. The Balaban J connectivity index is 1.28. The minimum absolute atomic E-state index is 0.0700. The lowest BCUT2D eigenvalue weighted by Crippen LogP contribution is -2.48. The fraction of sp³-hybridized carbons (Fsp3) is 0.217. The lowest BCUT2D eigenvalue weighted by molar-refractivity contribution is -0.118. The highest BCUT2D eigenvalue weighted by Crippen LogP contribution is 2.21. The molecule has 2 heterocycles. The van der Waals surface area contributed by atoms with Crippen molar-refractivity contribution in [3.63, 3.8) is 0 Å². The molecule has 8 nitrogen and oxygen atoms in total. The van der Waals surface area contributed by atoms with Gasteiger partial charge in [0.05, 0.1) is 16.8 Å². The summed E-state index contributed by atoms with van der Waals surface area (Å²) >= 11 is 5.82. The van der Waals surface area contributed by atoms with Crippen molar-refractivity contribution in [1.29, 1.82) is 0 Å². The predicted octanol–water partition coefficient (Wildman–Crippen LogP) is 3.40. The zero-order valence-electron chi connectivity index (χ0n) is 18.0. The summed E-state index contributed by atoms with van der Waals surface area (Å²) < 4.78 is 45.4. The summed E-state index contributed by atoms with van der Waals surface area (Å²) in [7, 11) is -3.68. The highest BCUT2D eigenvalue weighted by molar-refractivity contribution is 7.89. The van der Waals surface area contributed by atoms with E-state index in [2.05, 4.69) is 10.3 Å². The second-order valence-corrected chi connectivity index (χ2v) is 9.92. The number of benzene rings is 2. The lowest BCUT2D eigenvalue weighted by Gasteiger charge is -2.34. The molecule has 0 spiro atoms. The van der Waals surface area contributed by atoms with E-state index in [9.17, 15) is 17.6 Å². The number of aromatic nitrogens is 1. The Hall–Kier alpha value is -3.21. The molecule has 3 aromatic rings. The molecule has 0 atom stereocenters. The van der Waals surface area contributed by atoms with E-state index in [4.69, 9.17) is 16.3 Å². The van der Waals surface area contributed by atoms with Gasteiger partial charge in [-0.25, -0.2) is 17.8 Å². The third kappa shape index (κ3) is 5.82. The van der Waals surface area contributed by atoms with Gasteiger partial charge in [0, 0.05) is 31.2 Å².